The average molecular weight is 347 g/mol. The highest BCUT2D eigenvalue weighted by atomic mass is 19.1. The second-order valence-corrected chi connectivity index (χ2v) is 5.25. The van der Waals surface area contributed by atoms with Crippen molar-refractivity contribution in [3.63, 3.8) is 0 Å². The molecule has 2 rings (SSSR count). The molecule has 0 aromatic heterocycles. The molecule has 0 aliphatic rings. The third kappa shape index (κ3) is 4.76. The molecular formula is C18H19F2N3O2. The molecule has 0 unspecified atom stereocenters. The average Bonchev–Trinajstić information content (AvgIpc) is 2.60. The number of halogens is 2. The van der Waals surface area contributed by atoms with E-state index in [0.717, 1.165) is 37.0 Å². The van der Waals surface area contributed by atoms with Crippen molar-refractivity contribution in [1.29, 1.82) is 0 Å². The smallest absolute Gasteiger partial charge is 0.314 e. The third-order valence-electron chi connectivity index (χ3n) is 3.64. The Kier molecular flexibility index (Phi) is 6.05. The van der Waals surface area contributed by atoms with Crippen molar-refractivity contribution in [3.8, 4) is 0 Å². The van der Waals surface area contributed by atoms with Crippen molar-refractivity contribution in [3.05, 3.63) is 54.1 Å². The minimum Gasteiger partial charge on any atom is -0.372 e. The van der Waals surface area contributed by atoms with Crippen LogP contribution in [0.3, 0.4) is 0 Å². The van der Waals surface area contributed by atoms with Crippen LogP contribution in [0.2, 0.25) is 0 Å². The van der Waals surface area contributed by atoms with Crippen LogP contribution in [0.1, 0.15) is 13.8 Å². The number of nitrogens with zero attached hydrogens (tertiary/aromatic N) is 1. The second-order valence-electron chi connectivity index (χ2n) is 5.25. The Hall–Kier alpha value is -2.96. The summed E-state index contributed by atoms with van der Waals surface area (Å²) < 4.78 is 26.6. The highest BCUT2D eigenvalue weighted by Crippen LogP contribution is 2.18. The topological polar surface area (TPSA) is 61.4 Å². The number of carbonyl (C=O) groups excluding carboxylic acids is 2. The summed E-state index contributed by atoms with van der Waals surface area (Å²) in [5.74, 6) is -3.60. The molecule has 0 atom stereocenters. The first-order valence-electron chi connectivity index (χ1n) is 7.87. The van der Waals surface area contributed by atoms with Gasteiger partial charge in [0.1, 0.15) is 11.6 Å². The van der Waals surface area contributed by atoms with Crippen LogP contribution in [0.25, 0.3) is 0 Å². The zero-order valence-corrected chi connectivity index (χ0v) is 14.0. The van der Waals surface area contributed by atoms with Gasteiger partial charge in [-0.15, -0.1) is 0 Å². The van der Waals surface area contributed by atoms with E-state index in [1.807, 2.05) is 31.3 Å². The van der Waals surface area contributed by atoms with E-state index in [9.17, 15) is 18.4 Å². The molecule has 0 aliphatic carbocycles. The van der Waals surface area contributed by atoms with E-state index in [1.165, 1.54) is 0 Å². The van der Waals surface area contributed by atoms with Crippen LogP contribution in [0, 0.1) is 11.6 Å². The van der Waals surface area contributed by atoms with Gasteiger partial charge in [0.25, 0.3) is 0 Å². The first-order chi connectivity index (χ1) is 11.9. The Balaban J connectivity index is 2.01. The van der Waals surface area contributed by atoms with Gasteiger partial charge in [0.05, 0.1) is 5.69 Å². The van der Waals surface area contributed by atoms with E-state index in [4.69, 9.17) is 0 Å². The molecule has 2 N–H and O–H groups in total. The van der Waals surface area contributed by atoms with E-state index in [-0.39, 0.29) is 0 Å². The molecule has 2 aromatic rings. The highest BCUT2D eigenvalue weighted by Gasteiger charge is 2.16. The van der Waals surface area contributed by atoms with Gasteiger partial charge in [-0.2, -0.15) is 0 Å². The highest BCUT2D eigenvalue weighted by molar-refractivity contribution is 6.43. The van der Waals surface area contributed by atoms with Gasteiger partial charge < -0.3 is 15.5 Å². The molecule has 0 bridgehead atoms. The molecule has 0 radical (unpaired) electrons. The molecule has 0 fully saturated rings. The first-order valence-corrected chi connectivity index (χ1v) is 7.87. The number of hydrogen-bond donors (Lipinski definition) is 2. The maximum atomic E-state index is 13.5. The van der Waals surface area contributed by atoms with Crippen LogP contribution in [0.5, 0.6) is 0 Å². The monoisotopic (exact) mass is 347 g/mol. The van der Waals surface area contributed by atoms with Crippen molar-refractivity contribution in [2.45, 2.75) is 13.8 Å². The Morgan fingerprint density at radius 2 is 1.52 bits per heavy atom. The molecule has 2 aromatic carbocycles. The number of anilines is 3. The Bertz CT molecular complexity index is 759. The molecule has 0 saturated carbocycles. The summed E-state index contributed by atoms with van der Waals surface area (Å²) in [5, 5.41) is 4.46. The normalized spacial score (nSPS) is 10.2. The van der Waals surface area contributed by atoms with Crippen LogP contribution in [-0.2, 0) is 9.59 Å². The maximum Gasteiger partial charge on any atom is 0.314 e. The lowest BCUT2D eigenvalue weighted by Gasteiger charge is -2.21. The minimum absolute atomic E-state index is 0.392. The zero-order valence-electron chi connectivity index (χ0n) is 14.0. The van der Waals surface area contributed by atoms with Crippen molar-refractivity contribution in [1.82, 2.24) is 0 Å². The van der Waals surface area contributed by atoms with Crippen molar-refractivity contribution >= 4 is 28.9 Å². The fourth-order valence-electron chi connectivity index (χ4n) is 2.30. The largest absolute Gasteiger partial charge is 0.372 e. The molecule has 0 spiro atoms. The van der Waals surface area contributed by atoms with Gasteiger partial charge in [-0.05, 0) is 50.2 Å². The molecule has 132 valence electrons. The summed E-state index contributed by atoms with van der Waals surface area (Å²) in [6, 6.07) is 9.58. The number of benzene rings is 2. The van der Waals surface area contributed by atoms with Crippen LogP contribution >= 0.6 is 0 Å². The van der Waals surface area contributed by atoms with E-state index < -0.39 is 29.1 Å². The van der Waals surface area contributed by atoms with Crippen molar-refractivity contribution in [2.24, 2.45) is 0 Å². The molecule has 0 aliphatic heterocycles. The van der Waals surface area contributed by atoms with Crippen LogP contribution in [-0.4, -0.2) is 24.9 Å². The lowest BCUT2D eigenvalue weighted by molar-refractivity contribution is -0.133. The van der Waals surface area contributed by atoms with Gasteiger partial charge in [-0.3, -0.25) is 9.59 Å². The van der Waals surface area contributed by atoms with Gasteiger partial charge in [0.15, 0.2) is 0 Å². The number of carbonyl (C=O) groups is 2. The fraction of sp³-hybridized carbons (Fsp3) is 0.222. The van der Waals surface area contributed by atoms with Gasteiger partial charge in [-0.1, -0.05) is 0 Å². The Morgan fingerprint density at radius 1 is 0.920 bits per heavy atom. The predicted octanol–water partition coefficient (Wildman–Crippen LogP) is 3.39. The number of nitrogens with one attached hydrogen (secondary N) is 2. The molecule has 7 heteroatoms. The van der Waals surface area contributed by atoms with Gasteiger partial charge in [0, 0.05) is 30.5 Å². The van der Waals surface area contributed by atoms with Crippen molar-refractivity contribution in [2.75, 3.05) is 28.6 Å². The van der Waals surface area contributed by atoms with Gasteiger partial charge >= 0.3 is 11.8 Å². The SMILES string of the molecule is CCN(CC)c1ccc(NC(=O)C(=O)Nc2cc(F)ccc2F)cc1. The summed E-state index contributed by atoms with van der Waals surface area (Å²) in [6.07, 6.45) is 0. The first kappa shape index (κ1) is 18.4. The Labute approximate surface area is 144 Å². The third-order valence-corrected chi connectivity index (χ3v) is 3.64. The minimum atomic E-state index is -1.09. The summed E-state index contributed by atoms with van der Waals surface area (Å²) >= 11 is 0. The fourth-order valence-corrected chi connectivity index (χ4v) is 2.30. The van der Waals surface area contributed by atoms with Crippen LogP contribution < -0.4 is 15.5 Å². The van der Waals surface area contributed by atoms with E-state index in [0.29, 0.717) is 5.69 Å². The molecule has 5 nitrogen and oxygen atoms in total. The molecule has 25 heavy (non-hydrogen) atoms. The Morgan fingerprint density at radius 3 is 2.12 bits per heavy atom. The molecule has 0 saturated heterocycles. The van der Waals surface area contributed by atoms with Gasteiger partial charge in [0.2, 0.25) is 0 Å². The summed E-state index contributed by atoms with van der Waals surface area (Å²) in [5.41, 5.74) is 1.03. The maximum absolute atomic E-state index is 13.5. The number of rotatable bonds is 5. The predicted molar refractivity (Wildman–Crippen MR) is 93.6 cm³/mol. The molecular weight excluding hydrogens is 328 g/mol. The summed E-state index contributed by atoms with van der Waals surface area (Å²) in [7, 11) is 0. The number of hydrogen-bond acceptors (Lipinski definition) is 3. The standard InChI is InChI=1S/C18H19F2N3O2/c1-3-23(4-2)14-8-6-13(7-9-14)21-17(24)18(25)22-16-11-12(19)5-10-15(16)20/h5-11H,3-4H2,1-2H3,(H,21,24)(H,22,25). The number of amides is 2. The van der Waals surface area contributed by atoms with Gasteiger partial charge in [-0.25, -0.2) is 8.78 Å². The van der Waals surface area contributed by atoms with Crippen LogP contribution in [0.4, 0.5) is 25.8 Å². The summed E-state index contributed by atoms with van der Waals surface area (Å²) in [4.78, 5) is 25.9. The van der Waals surface area contributed by atoms with E-state index >= 15 is 0 Å². The van der Waals surface area contributed by atoms with E-state index in [2.05, 4.69) is 10.2 Å². The van der Waals surface area contributed by atoms with Crippen LogP contribution in [0.15, 0.2) is 42.5 Å². The zero-order chi connectivity index (χ0) is 18.4. The lowest BCUT2D eigenvalue weighted by atomic mass is 10.2. The molecule has 0 heterocycles. The second kappa shape index (κ2) is 8.23. The van der Waals surface area contributed by atoms with E-state index in [1.54, 1.807) is 12.1 Å². The summed E-state index contributed by atoms with van der Waals surface area (Å²) in [6.45, 7) is 5.78. The lowest BCUT2D eigenvalue weighted by Crippen LogP contribution is -2.29. The van der Waals surface area contributed by atoms with Crippen molar-refractivity contribution < 1.29 is 18.4 Å². The molecule has 2 amide bonds. The quantitative estimate of drug-likeness (QED) is 0.815.